The van der Waals surface area contributed by atoms with Gasteiger partial charge in [-0.15, -0.1) is 0 Å². The number of imidazole rings is 1. The van der Waals surface area contributed by atoms with Gasteiger partial charge < -0.3 is 20.0 Å². The molecule has 2 aromatic carbocycles. The van der Waals surface area contributed by atoms with Crippen LogP contribution < -0.4 is 15.7 Å². The Bertz CT molecular complexity index is 1050. The molecule has 0 spiro atoms. The average molecular weight is 357 g/mol. The fourth-order valence-corrected chi connectivity index (χ4v) is 2.49. The van der Waals surface area contributed by atoms with Crippen LogP contribution in [-0.4, -0.2) is 22.0 Å². The normalized spacial score (nSPS) is 11.7. The Hall–Kier alpha value is -3.24. The third-order valence-corrected chi connectivity index (χ3v) is 3.81. The van der Waals surface area contributed by atoms with Gasteiger partial charge in [-0.05, 0) is 43.3 Å². The van der Waals surface area contributed by atoms with Gasteiger partial charge in [-0.2, -0.15) is 5.26 Å². The number of benzene rings is 2. The molecule has 0 bridgehead atoms. The zero-order chi connectivity index (χ0) is 18.0. The highest BCUT2D eigenvalue weighted by Gasteiger charge is 2.17. The Morgan fingerprint density at radius 1 is 1.24 bits per heavy atom. The van der Waals surface area contributed by atoms with Crippen molar-refractivity contribution in [2.45, 2.75) is 13.0 Å². The predicted octanol–water partition coefficient (Wildman–Crippen LogP) is 2.79. The lowest BCUT2D eigenvalue weighted by molar-refractivity contribution is -0.122. The molecule has 1 aromatic heterocycles. The van der Waals surface area contributed by atoms with Gasteiger partial charge in [0.25, 0.3) is 5.91 Å². The molecule has 126 valence electrons. The van der Waals surface area contributed by atoms with E-state index < -0.39 is 6.10 Å². The number of H-pyrrole nitrogens is 2. The fraction of sp³-hybridized carbons (Fsp3) is 0.118. The van der Waals surface area contributed by atoms with E-state index in [9.17, 15) is 9.59 Å². The second-order valence-electron chi connectivity index (χ2n) is 5.35. The quantitative estimate of drug-likeness (QED) is 0.667. The third-order valence-electron chi connectivity index (χ3n) is 3.52. The Morgan fingerprint density at radius 3 is 2.72 bits per heavy atom. The Balaban J connectivity index is 1.71. The highest BCUT2D eigenvalue weighted by molar-refractivity contribution is 6.32. The van der Waals surface area contributed by atoms with Crippen molar-refractivity contribution in [1.82, 2.24) is 9.97 Å². The molecule has 3 aromatic rings. The lowest BCUT2D eigenvalue weighted by atomic mass is 10.2. The molecule has 0 saturated heterocycles. The van der Waals surface area contributed by atoms with Crippen LogP contribution in [-0.2, 0) is 4.79 Å². The van der Waals surface area contributed by atoms with Crippen LogP contribution in [0, 0.1) is 11.3 Å². The molecule has 8 heteroatoms. The van der Waals surface area contributed by atoms with Crippen molar-refractivity contribution in [2.75, 3.05) is 5.32 Å². The number of hydrogen-bond donors (Lipinski definition) is 3. The molecule has 3 N–H and O–H groups in total. The summed E-state index contributed by atoms with van der Waals surface area (Å²) in [5.74, 6) is -0.0635. The first-order valence-corrected chi connectivity index (χ1v) is 7.73. The maximum atomic E-state index is 12.3. The molecule has 25 heavy (non-hydrogen) atoms. The van der Waals surface area contributed by atoms with Crippen LogP contribution in [0.25, 0.3) is 11.0 Å². The number of nitriles is 1. The van der Waals surface area contributed by atoms with Gasteiger partial charge in [0.2, 0.25) is 0 Å². The van der Waals surface area contributed by atoms with E-state index in [1.54, 1.807) is 37.3 Å². The van der Waals surface area contributed by atoms with Crippen LogP contribution in [0.5, 0.6) is 5.75 Å². The minimum atomic E-state index is -0.814. The number of halogens is 1. The first-order valence-electron chi connectivity index (χ1n) is 7.35. The number of amides is 1. The first-order chi connectivity index (χ1) is 12.0. The highest BCUT2D eigenvalue weighted by atomic mass is 35.5. The van der Waals surface area contributed by atoms with Gasteiger partial charge in [0.1, 0.15) is 5.75 Å². The van der Waals surface area contributed by atoms with E-state index in [-0.39, 0.29) is 16.6 Å². The van der Waals surface area contributed by atoms with Gasteiger partial charge in [-0.25, -0.2) is 4.79 Å². The average Bonchev–Trinajstić information content (AvgIpc) is 2.95. The SMILES string of the molecule is C[C@@H](Oc1ccc(C#N)cc1Cl)C(=O)Nc1ccc2[nH]c(=O)[nH]c2c1. The molecule has 0 aliphatic rings. The van der Waals surface area contributed by atoms with E-state index in [2.05, 4.69) is 15.3 Å². The third kappa shape index (κ3) is 3.65. The summed E-state index contributed by atoms with van der Waals surface area (Å²) < 4.78 is 5.55. The number of nitrogens with one attached hydrogen (secondary N) is 3. The van der Waals surface area contributed by atoms with Crippen molar-refractivity contribution in [3.63, 3.8) is 0 Å². The van der Waals surface area contributed by atoms with Crippen molar-refractivity contribution < 1.29 is 9.53 Å². The largest absolute Gasteiger partial charge is 0.479 e. The van der Waals surface area contributed by atoms with E-state index in [1.165, 1.54) is 6.07 Å². The molecule has 0 fully saturated rings. The molecule has 1 amide bonds. The molecule has 0 aliphatic heterocycles. The van der Waals surface area contributed by atoms with Crippen LogP contribution in [0.15, 0.2) is 41.2 Å². The van der Waals surface area contributed by atoms with Gasteiger partial charge >= 0.3 is 5.69 Å². The fourth-order valence-electron chi connectivity index (χ4n) is 2.26. The summed E-state index contributed by atoms with van der Waals surface area (Å²) in [7, 11) is 0. The number of ether oxygens (including phenoxy) is 1. The number of hydrogen-bond acceptors (Lipinski definition) is 4. The summed E-state index contributed by atoms with van der Waals surface area (Å²) in [6.45, 7) is 1.58. The van der Waals surface area contributed by atoms with Crippen LogP contribution >= 0.6 is 11.6 Å². The second kappa shape index (κ2) is 6.71. The van der Waals surface area contributed by atoms with Gasteiger partial charge in [0, 0.05) is 5.69 Å². The van der Waals surface area contributed by atoms with E-state index in [0.29, 0.717) is 28.0 Å². The molecule has 0 aliphatic carbocycles. The molecule has 3 rings (SSSR count). The number of carbonyl (C=O) groups is 1. The maximum Gasteiger partial charge on any atom is 0.323 e. The number of anilines is 1. The molecule has 0 unspecified atom stereocenters. The Labute approximate surface area is 147 Å². The Kier molecular flexibility index (Phi) is 4.46. The number of carbonyl (C=O) groups excluding carboxylic acids is 1. The topological polar surface area (TPSA) is 111 Å². The Morgan fingerprint density at radius 2 is 2.00 bits per heavy atom. The van der Waals surface area contributed by atoms with Gasteiger partial charge in [0.15, 0.2) is 6.10 Å². The number of fused-ring (bicyclic) bond motifs is 1. The van der Waals surface area contributed by atoms with E-state index in [1.807, 2.05) is 6.07 Å². The highest BCUT2D eigenvalue weighted by Crippen LogP contribution is 2.26. The molecule has 0 radical (unpaired) electrons. The van der Waals surface area contributed by atoms with Gasteiger partial charge in [-0.1, -0.05) is 11.6 Å². The van der Waals surface area contributed by atoms with Gasteiger partial charge in [-0.3, -0.25) is 4.79 Å². The second-order valence-corrected chi connectivity index (χ2v) is 5.75. The smallest absolute Gasteiger partial charge is 0.323 e. The monoisotopic (exact) mass is 356 g/mol. The van der Waals surface area contributed by atoms with Crippen molar-refractivity contribution in [1.29, 1.82) is 5.26 Å². The summed E-state index contributed by atoms with van der Waals surface area (Å²) in [5.41, 5.74) is 1.85. The lowest BCUT2D eigenvalue weighted by Crippen LogP contribution is -2.30. The molecule has 7 nitrogen and oxygen atoms in total. The van der Waals surface area contributed by atoms with Gasteiger partial charge in [0.05, 0.1) is 27.7 Å². The summed E-state index contributed by atoms with van der Waals surface area (Å²) in [6, 6.07) is 11.5. The zero-order valence-corrected chi connectivity index (χ0v) is 13.8. The predicted molar refractivity (Wildman–Crippen MR) is 93.8 cm³/mol. The van der Waals surface area contributed by atoms with Crippen molar-refractivity contribution >= 4 is 34.2 Å². The van der Waals surface area contributed by atoms with E-state index in [4.69, 9.17) is 21.6 Å². The van der Waals surface area contributed by atoms with Crippen LogP contribution in [0.3, 0.4) is 0 Å². The summed E-state index contributed by atoms with van der Waals surface area (Å²) >= 11 is 6.04. The minimum absolute atomic E-state index is 0.255. The molecular formula is C17H13ClN4O3. The number of nitrogens with zero attached hydrogens (tertiary/aromatic N) is 1. The van der Waals surface area contributed by atoms with Crippen molar-refractivity contribution in [3.8, 4) is 11.8 Å². The summed E-state index contributed by atoms with van der Waals surface area (Å²) in [4.78, 5) is 28.8. The van der Waals surface area contributed by atoms with E-state index >= 15 is 0 Å². The summed E-state index contributed by atoms with van der Waals surface area (Å²) in [5, 5.41) is 11.8. The molecule has 0 saturated carbocycles. The number of rotatable bonds is 4. The van der Waals surface area contributed by atoms with Crippen molar-refractivity contribution in [3.05, 3.63) is 57.5 Å². The number of aromatic amines is 2. The van der Waals surface area contributed by atoms with Crippen LogP contribution in [0.2, 0.25) is 5.02 Å². The first kappa shape index (κ1) is 16.6. The van der Waals surface area contributed by atoms with Crippen LogP contribution in [0.4, 0.5) is 5.69 Å². The number of aromatic nitrogens is 2. The standard InChI is InChI=1S/C17H13ClN4O3/c1-9(25-15-5-2-10(8-19)6-12(15)18)16(23)20-11-3-4-13-14(7-11)22-17(24)21-13/h2-7,9H,1H3,(H,20,23)(H2,21,22,24)/t9-/m1/s1. The molecule has 1 heterocycles. The van der Waals surface area contributed by atoms with Crippen LogP contribution in [0.1, 0.15) is 12.5 Å². The molecular weight excluding hydrogens is 344 g/mol. The van der Waals surface area contributed by atoms with Crippen molar-refractivity contribution in [2.24, 2.45) is 0 Å². The minimum Gasteiger partial charge on any atom is -0.479 e. The zero-order valence-electron chi connectivity index (χ0n) is 13.1. The lowest BCUT2D eigenvalue weighted by Gasteiger charge is -2.15. The van der Waals surface area contributed by atoms with E-state index in [0.717, 1.165) is 0 Å². The summed E-state index contributed by atoms with van der Waals surface area (Å²) in [6.07, 6.45) is -0.814. The molecule has 1 atom stereocenters. The maximum absolute atomic E-state index is 12.3.